The predicted molar refractivity (Wildman–Crippen MR) is 106 cm³/mol. The molecule has 4 heterocycles. The van der Waals surface area contributed by atoms with Gasteiger partial charge < -0.3 is 0 Å². The van der Waals surface area contributed by atoms with E-state index in [4.69, 9.17) is 16.6 Å². The molecule has 0 amide bonds. The molecule has 0 N–H and O–H groups in total. The maximum absolute atomic E-state index is 6.14. The lowest BCUT2D eigenvalue weighted by atomic mass is 9.87. The molecule has 6 nitrogen and oxygen atoms in total. The van der Waals surface area contributed by atoms with Crippen molar-refractivity contribution in [2.45, 2.75) is 25.7 Å². The smallest absolute Gasteiger partial charge is 0.200 e. The average Bonchev–Trinajstić information content (AvgIpc) is 3.31. The summed E-state index contributed by atoms with van der Waals surface area (Å²) >= 11 is 7.76. The number of rotatable bonds is 1. The Morgan fingerprint density at radius 1 is 1.07 bits per heavy atom. The van der Waals surface area contributed by atoms with Gasteiger partial charge in [0, 0.05) is 16.1 Å². The Hall–Kier alpha value is -2.64. The van der Waals surface area contributed by atoms with Crippen LogP contribution in [-0.4, -0.2) is 30.0 Å². The number of fused-ring (bicyclic) bond motifs is 6. The normalized spacial score (nSPS) is 14.3. The molecule has 5 aromatic rings. The molecular formula is C19H13ClN6S. The van der Waals surface area contributed by atoms with Gasteiger partial charge in [0.2, 0.25) is 0 Å². The number of aromatic nitrogens is 6. The molecule has 0 unspecified atom stereocenters. The largest absolute Gasteiger partial charge is 0.242 e. The maximum Gasteiger partial charge on any atom is 0.200 e. The van der Waals surface area contributed by atoms with Crippen LogP contribution in [-0.2, 0) is 12.8 Å². The molecule has 1 aliphatic carbocycles. The molecule has 0 radical (unpaired) electrons. The molecule has 0 spiro atoms. The summed E-state index contributed by atoms with van der Waals surface area (Å²) in [6.45, 7) is 0. The van der Waals surface area contributed by atoms with E-state index in [1.165, 1.54) is 29.7 Å². The number of halogens is 1. The van der Waals surface area contributed by atoms with Crippen LogP contribution >= 0.6 is 22.9 Å². The number of nitrogens with zero attached hydrogens (tertiary/aromatic N) is 6. The highest BCUT2D eigenvalue weighted by Crippen LogP contribution is 2.43. The highest BCUT2D eigenvalue weighted by Gasteiger charge is 2.24. The van der Waals surface area contributed by atoms with Gasteiger partial charge in [-0.05, 0) is 64.9 Å². The van der Waals surface area contributed by atoms with Gasteiger partial charge in [-0.25, -0.2) is 9.97 Å². The summed E-state index contributed by atoms with van der Waals surface area (Å²) in [4.78, 5) is 10.7. The van der Waals surface area contributed by atoms with Crippen LogP contribution in [0.25, 0.3) is 37.2 Å². The van der Waals surface area contributed by atoms with E-state index in [-0.39, 0.29) is 0 Å². The summed E-state index contributed by atoms with van der Waals surface area (Å²) in [6, 6.07) is 8.07. The second-order valence-corrected chi connectivity index (χ2v) is 8.21. The quantitative estimate of drug-likeness (QED) is 0.420. The minimum Gasteiger partial charge on any atom is -0.242 e. The van der Waals surface area contributed by atoms with E-state index in [1.54, 1.807) is 22.2 Å². The monoisotopic (exact) mass is 392 g/mol. The highest BCUT2D eigenvalue weighted by atomic mass is 35.5. The Labute approximate surface area is 162 Å². The van der Waals surface area contributed by atoms with E-state index in [9.17, 15) is 0 Å². The Balaban J connectivity index is 1.81. The summed E-state index contributed by atoms with van der Waals surface area (Å²) in [5.41, 5.74) is 6.59. The van der Waals surface area contributed by atoms with Crippen molar-refractivity contribution in [2.75, 3.05) is 0 Å². The zero-order chi connectivity index (χ0) is 18.0. The fourth-order valence-electron chi connectivity index (χ4n) is 4.01. The molecule has 27 heavy (non-hydrogen) atoms. The molecule has 0 bridgehead atoms. The first-order valence-electron chi connectivity index (χ1n) is 8.86. The van der Waals surface area contributed by atoms with Gasteiger partial charge in [0.15, 0.2) is 5.65 Å². The third kappa shape index (κ3) is 2.22. The van der Waals surface area contributed by atoms with Crippen LogP contribution in [0.15, 0.2) is 30.6 Å². The minimum atomic E-state index is 0.725. The lowest BCUT2D eigenvalue weighted by Crippen LogP contribution is -2.07. The van der Waals surface area contributed by atoms with Crippen molar-refractivity contribution < 1.29 is 0 Å². The molecule has 6 rings (SSSR count). The second-order valence-electron chi connectivity index (χ2n) is 6.78. The molecule has 0 saturated heterocycles. The molecule has 0 atom stereocenters. The first-order valence-corrected chi connectivity index (χ1v) is 10.1. The first kappa shape index (κ1) is 15.4. The summed E-state index contributed by atoms with van der Waals surface area (Å²) in [6.07, 6.45) is 6.12. The summed E-state index contributed by atoms with van der Waals surface area (Å²) in [5.74, 6) is 0. The molecule has 0 saturated carbocycles. The third-order valence-electron chi connectivity index (χ3n) is 5.22. The number of thiophene rings is 1. The molecule has 132 valence electrons. The second kappa shape index (κ2) is 5.68. The molecule has 4 aromatic heterocycles. The van der Waals surface area contributed by atoms with Crippen molar-refractivity contribution in [3.8, 4) is 11.1 Å². The van der Waals surface area contributed by atoms with Gasteiger partial charge in [0.05, 0.1) is 5.52 Å². The predicted octanol–water partition coefficient (Wildman–Crippen LogP) is 4.48. The fourth-order valence-corrected chi connectivity index (χ4v) is 5.27. The lowest BCUT2D eigenvalue weighted by molar-refractivity contribution is 0.673. The summed E-state index contributed by atoms with van der Waals surface area (Å²) < 4.78 is 2.59. The topological polar surface area (TPSA) is 68.9 Å². The standard InChI is InChI=1S/C19H13ClN6S/c20-11-7-5-10(6-8-11)14-12-3-1-2-4-13(12)22-19-15(14)16-17(27-19)18-23-24-25-26(18)9-21-16/h5-9H,1-4H2. The van der Waals surface area contributed by atoms with E-state index in [1.807, 2.05) is 12.1 Å². The van der Waals surface area contributed by atoms with Crippen molar-refractivity contribution >= 4 is 49.0 Å². The van der Waals surface area contributed by atoms with Crippen molar-refractivity contribution in [3.63, 3.8) is 0 Å². The Morgan fingerprint density at radius 3 is 2.81 bits per heavy atom. The SMILES string of the molecule is Clc1ccc(-c2c3c(nc4sc5c(ncn6nnnc56)c24)CCCC3)cc1. The van der Waals surface area contributed by atoms with Crippen LogP contribution in [0.5, 0.6) is 0 Å². The van der Waals surface area contributed by atoms with Crippen molar-refractivity contribution in [2.24, 2.45) is 0 Å². The lowest BCUT2D eigenvalue weighted by Gasteiger charge is -2.20. The fraction of sp³-hybridized carbons (Fsp3) is 0.211. The van der Waals surface area contributed by atoms with Crippen LogP contribution < -0.4 is 0 Å². The Kier molecular flexibility index (Phi) is 3.24. The molecule has 0 fully saturated rings. The van der Waals surface area contributed by atoms with Gasteiger partial charge in [0.25, 0.3) is 0 Å². The maximum atomic E-state index is 6.14. The number of benzene rings is 1. The number of hydrogen-bond donors (Lipinski definition) is 0. The van der Waals surface area contributed by atoms with E-state index in [2.05, 4.69) is 32.6 Å². The van der Waals surface area contributed by atoms with E-state index in [0.29, 0.717) is 0 Å². The van der Waals surface area contributed by atoms with Crippen LogP contribution in [0.1, 0.15) is 24.1 Å². The Bertz CT molecular complexity index is 1340. The third-order valence-corrected chi connectivity index (χ3v) is 6.54. The van der Waals surface area contributed by atoms with Gasteiger partial charge in [0.1, 0.15) is 15.9 Å². The van der Waals surface area contributed by atoms with Gasteiger partial charge in [-0.2, -0.15) is 4.52 Å². The molecule has 8 heteroatoms. The van der Waals surface area contributed by atoms with E-state index < -0.39 is 0 Å². The summed E-state index contributed by atoms with van der Waals surface area (Å²) in [5, 5.41) is 13.8. The highest BCUT2D eigenvalue weighted by molar-refractivity contribution is 7.26. The summed E-state index contributed by atoms with van der Waals surface area (Å²) in [7, 11) is 0. The number of hydrogen-bond acceptors (Lipinski definition) is 6. The van der Waals surface area contributed by atoms with E-state index in [0.717, 1.165) is 49.5 Å². The van der Waals surface area contributed by atoms with Crippen molar-refractivity contribution in [1.82, 2.24) is 30.0 Å². The van der Waals surface area contributed by atoms with Gasteiger partial charge in [-0.1, -0.05) is 23.7 Å². The van der Waals surface area contributed by atoms with Crippen molar-refractivity contribution in [1.29, 1.82) is 0 Å². The van der Waals surface area contributed by atoms with Crippen LogP contribution in [0.4, 0.5) is 0 Å². The zero-order valence-electron chi connectivity index (χ0n) is 14.2. The number of pyridine rings is 1. The molecule has 1 aliphatic rings. The van der Waals surface area contributed by atoms with Crippen LogP contribution in [0, 0.1) is 0 Å². The number of tetrazole rings is 1. The molecular weight excluding hydrogens is 380 g/mol. The minimum absolute atomic E-state index is 0.725. The van der Waals surface area contributed by atoms with Crippen LogP contribution in [0.3, 0.4) is 0 Å². The van der Waals surface area contributed by atoms with E-state index >= 15 is 0 Å². The Morgan fingerprint density at radius 2 is 1.93 bits per heavy atom. The molecule has 1 aromatic carbocycles. The first-order chi connectivity index (χ1) is 13.3. The van der Waals surface area contributed by atoms with Gasteiger partial charge >= 0.3 is 0 Å². The zero-order valence-corrected chi connectivity index (χ0v) is 15.8. The average molecular weight is 393 g/mol. The molecule has 0 aliphatic heterocycles. The van der Waals surface area contributed by atoms with Crippen LogP contribution in [0.2, 0.25) is 5.02 Å². The number of aryl methyl sites for hydroxylation is 1. The van der Waals surface area contributed by atoms with Gasteiger partial charge in [-0.3, -0.25) is 0 Å². The van der Waals surface area contributed by atoms with Crippen molar-refractivity contribution in [3.05, 3.63) is 46.9 Å². The van der Waals surface area contributed by atoms with Gasteiger partial charge in [-0.15, -0.1) is 16.4 Å².